The normalized spacial score (nSPS) is 28.9. The summed E-state index contributed by atoms with van der Waals surface area (Å²) in [5, 5.41) is 6.72. The van der Waals surface area contributed by atoms with Crippen molar-refractivity contribution in [3.05, 3.63) is 11.2 Å². The van der Waals surface area contributed by atoms with Crippen LogP contribution in [-0.2, 0) is 0 Å². The molecule has 1 rings (SSSR count). The second-order valence-corrected chi connectivity index (χ2v) is 2.55. The van der Waals surface area contributed by atoms with E-state index in [1.807, 2.05) is 6.92 Å². The molecule has 1 heterocycles. The lowest BCUT2D eigenvalue weighted by molar-refractivity contribution is 0.743. The van der Waals surface area contributed by atoms with E-state index in [9.17, 15) is 0 Å². The minimum Gasteiger partial charge on any atom is -0.349 e. The first-order valence-electron chi connectivity index (χ1n) is 3.09. The van der Waals surface area contributed by atoms with E-state index < -0.39 is 0 Å². The smallest absolute Gasteiger partial charge is 0.195 e. The largest absolute Gasteiger partial charge is 0.349 e. The van der Waals surface area contributed by atoms with Crippen molar-refractivity contribution in [3.8, 4) is 0 Å². The van der Waals surface area contributed by atoms with Crippen molar-refractivity contribution in [2.75, 3.05) is 7.05 Å². The molecule has 0 radical (unpaired) electrons. The van der Waals surface area contributed by atoms with E-state index >= 15 is 0 Å². The molecule has 0 saturated carbocycles. The zero-order valence-electron chi connectivity index (χ0n) is 5.98. The molecule has 0 bridgehead atoms. The number of aliphatic imine (C=N–C) groups is 1. The van der Waals surface area contributed by atoms with Crippen molar-refractivity contribution >= 4 is 17.6 Å². The summed E-state index contributed by atoms with van der Waals surface area (Å²) in [5.41, 5.74) is 0. The number of guanidine groups is 1. The summed E-state index contributed by atoms with van der Waals surface area (Å²) in [6.45, 7) is 1.98. The van der Waals surface area contributed by atoms with Crippen LogP contribution in [0.5, 0.6) is 0 Å². The molecule has 0 aromatic heterocycles. The highest BCUT2D eigenvalue weighted by Crippen LogP contribution is 2.08. The SMILES string of the molecule is CN=C1NC=C(Cl)C(C)N1. The highest BCUT2D eigenvalue weighted by molar-refractivity contribution is 6.30. The Morgan fingerprint density at radius 3 is 2.90 bits per heavy atom. The van der Waals surface area contributed by atoms with Gasteiger partial charge >= 0.3 is 0 Å². The highest BCUT2D eigenvalue weighted by Gasteiger charge is 2.12. The molecule has 1 atom stereocenters. The van der Waals surface area contributed by atoms with E-state index in [1.165, 1.54) is 0 Å². The number of nitrogens with zero attached hydrogens (tertiary/aromatic N) is 1. The fraction of sp³-hybridized carbons (Fsp3) is 0.500. The standard InChI is InChI=1S/C6H10ClN3/c1-4-5(7)3-9-6(8-2)10-4/h3-4H,1-2H3,(H2,8,9,10). The Morgan fingerprint density at radius 1 is 1.70 bits per heavy atom. The Morgan fingerprint density at radius 2 is 2.40 bits per heavy atom. The zero-order chi connectivity index (χ0) is 7.56. The molecule has 0 aliphatic carbocycles. The predicted octanol–water partition coefficient (Wildman–Crippen LogP) is 0.634. The molecule has 1 unspecified atom stereocenters. The third-order valence-electron chi connectivity index (χ3n) is 1.34. The molecule has 0 amide bonds. The monoisotopic (exact) mass is 159 g/mol. The van der Waals surface area contributed by atoms with Gasteiger partial charge < -0.3 is 10.6 Å². The molecular weight excluding hydrogens is 150 g/mol. The van der Waals surface area contributed by atoms with Gasteiger partial charge in [-0.2, -0.15) is 0 Å². The van der Waals surface area contributed by atoms with Crippen LogP contribution in [0, 0.1) is 0 Å². The fourth-order valence-corrected chi connectivity index (χ4v) is 0.816. The average Bonchev–Trinajstić information content (AvgIpc) is 1.95. The van der Waals surface area contributed by atoms with Crippen molar-refractivity contribution in [2.24, 2.45) is 4.99 Å². The molecule has 0 spiro atoms. The van der Waals surface area contributed by atoms with Crippen LogP contribution in [0.1, 0.15) is 6.92 Å². The first kappa shape index (κ1) is 7.41. The maximum atomic E-state index is 5.77. The van der Waals surface area contributed by atoms with Gasteiger partial charge in [-0.15, -0.1) is 0 Å². The highest BCUT2D eigenvalue weighted by atomic mass is 35.5. The summed E-state index contributed by atoms with van der Waals surface area (Å²) in [6, 6.07) is 0.168. The van der Waals surface area contributed by atoms with Crippen molar-refractivity contribution in [1.29, 1.82) is 0 Å². The van der Waals surface area contributed by atoms with E-state index in [2.05, 4.69) is 15.6 Å². The Labute approximate surface area is 65.2 Å². The molecule has 2 N–H and O–H groups in total. The van der Waals surface area contributed by atoms with Gasteiger partial charge in [0.25, 0.3) is 0 Å². The average molecular weight is 160 g/mol. The van der Waals surface area contributed by atoms with E-state index in [0.29, 0.717) is 0 Å². The van der Waals surface area contributed by atoms with Crippen LogP contribution in [0.25, 0.3) is 0 Å². The summed E-state index contributed by atoms with van der Waals surface area (Å²) >= 11 is 5.77. The molecule has 0 fully saturated rings. The lowest BCUT2D eigenvalue weighted by Crippen LogP contribution is -2.44. The third-order valence-corrected chi connectivity index (χ3v) is 1.77. The Kier molecular flexibility index (Phi) is 2.17. The van der Waals surface area contributed by atoms with Gasteiger partial charge in [0.1, 0.15) is 0 Å². The van der Waals surface area contributed by atoms with Crippen LogP contribution in [0.2, 0.25) is 0 Å². The Balaban J connectivity index is 2.68. The van der Waals surface area contributed by atoms with Gasteiger partial charge in [0.05, 0.1) is 11.1 Å². The van der Waals surface area contributed by atoms with Crippen LogP contribution in [0.3, 0.4) is 0 Å². The van der Waals surface area contributed by atoms with E-state index in [0.717, 1.165) is 11.0 Å². The summed E-state index contributed by atoms with van der Waals surface area (Å²) in [5.74, 6) is 0.761. The van der Waals surface area contributed by atoms with Crippen LogP contribution in [0.15, 0.2) is 16.2 Å². The van der Waals surface area contributed by atoms with E-state index in [1.54, 1.807) is 13.2 Å². The number of rotatable bonds is 0. The zero-order valence-corrected chi connectivity index (χ0v) is 6.74. The lowest BCUT2D eigenvalue weighted by atomic mass is 10.3. The van der Waals surface area contributed by atoms with Gasteiger partial charge in [0, 0.05) is 13.2 Å². The van der Waals surface area contributed by atoms with Crippen LogP contribution in [-0.4, -0.2) is 19.0 Å². The maximum Gasteiger partial charge on any atom is 0.195 e. The topological polar surface area (TPSA) is 36.4 Å². The summed E-state index contributed by atoms with van der Waals surface area (Å²) < 4.78 is 0. The molecule has 1 aliphatic heterocycles. The fourth-order valence-electron chi connectivity index (χ4n) is 0.707. The molecule has 3 nitrogen and oxygen atoms in total. The quantitative estimate of drug-likeness (QED) is 0.544. The van der Waals surface area contributed by atoms with E-state index in [-0.39, 0.29) is 6.04 Å². The van der Waals surface area contributed by atoms with Gasteiger partial charge in [-0.3, -0.25) is 4.99 Å². The Bertz CT molecular complexity index is 185. The van der Waals surface area contributed by atoms with Gasteiger partial charge in [0.15, 0.2) is 5.96 Å². The molecule has 1 aliphatic rings. The summed E-state index contributed by atoms with van der Waals surface area (Å²) in [6.07, 6.45) is 1.74. The lowest BCUT2D eigenvalue weighted by Gasteiger charge is -2.20. The Hall–Kier alpha value is -0.700. The number of hydrogen-bond donors (Lipinski definition) is 2. The minimum absolute atomic E-state index is 0.168. The van der Waals surface area contributed by atoms with Gasteiger partial charge in [-0.25, -0.2) is 0 Å². The molecule has 10 heavy (non-hydrogen) atoms. The second kappa shape index (κ2) is 2.92. The molecule has 0 aromatic carbocycles. The van der Waals surface area contributed by atoms with Crippen molar-refractivity contribution < 1.29 is 0 Å². The van der Waals surface area contributed by atoms with Crippen molar-refractivity contribution in [2.45, 2.75) is 13.0 Å². The molecule has 0 saturated heterocycles. The van der Waals surface area contributed by atoms with Crippen LogP contribution < -0.4 is 10.6 Å². The number of halogens is 1. The van der Waals surface area contributed by atoms with Crippen LogP contribution >= 0.6 is 11.6 Å². The first-order valence-corrected chi connectivity index (χ1v) is 3.47. The van der Waals surface area contributed by atoms with Gasteiger partial charge in [-0.05, 0) is 6.92 Å². The van der Waals surface area contributed by atoms with Crippen molar-refractivity contribution in [1.82, 2.24) is 10.6 Å². The third kappa shape index (κ3) is 1.42. The molecule has 4 heteroatoms. The summed E-state index contributed by atoms with van der Waals surface area (Å²) in [4.78, 5) is 3.92. The maximum absolute atomic E-state index is 5.77. The van der Waals surface area contributed by atoms with E-state index in [4.69, 9.17) is 11.6 Å². The predicted molar refractivity (Wildman–Crippen MR) is 43.0 cm³/mol. The van der Waals surface area contributed by atoms with Crippen LogP contribution in [0.4, 0.5) is 0 Å². The van der Waals surface area contributed by atoms with Gasteiger partial charge in [-0.1, -0.05) is 11.6 Å². The minimum atomic E-state index is 0.168. The molecular formula is C6H10ClN3. The molecule has 0 aromatic rings. The van der Waals surface area contributed by atoms with Crippen molar-refractivity contribution in [3.63, 3.8) is 0 Å². The first-order chi connectivity index (χ1) is 4.74. The van der Waals surface area contributed by atoms with Gasteiger partial charge in [0.2, 0.25) is 0 Å². The number of nitrogens with one attached hydrogen (secondary N) is 2. The molecule has 56 valence electrons. The summed E-state index contributed by atoms with van der Waals surface area (Å²) in [7, 11) is 1.72. The number of hydrogen-bond acceptors (Lipinski definition) is 1. The second-order valence-electron chi connectivity index (χ2n) is 2.11.